The summed E-state index contributed by atoms with van der Waals surface area (Å²) in [6.45, 7) is 6.49. The first kappa shape index (κ1) is 13.5. The molecule has 1 rings (SSSR count). The summed E-state index contributed by atoms with van der Waals surface area (Å²) in [5.41, 5.74) is 0. The van der Waals surface area contributed by atoms with Gasteiger partial charge in [-0.1, -0.05) is 13.3 Å². The fourth-order valence-electron chi connectivity index (χ4n) is 1.19. The van der Waals surface area contributed by atoms with Crippen LogP contribution < -0.4 is 4.74 Å². The summed E-state index contributed by atoms with van der Waals surface area (Å²) >= 11 is 0. The molecule has 0 aliphatic carbocycles. The summed E-state index contributed by atoms with van der Waals surface area (Å²) < 4.78 is 12.0. The number of hydrogen-bond donors (Lipinski definition) is 0. The Balaban J connectivity index is 2.27. The van der Waals surface area contributed by atoms with Crippen molar-refractivity contribution in [2.24, 2.45) is 0 Å². The Morgan fingerprint density at radius 3 is 2.88 bits per heavy atom. The van der Waals surface area contributed by atoms with Crippen LogP contribution in [0.2, 0.25) is 0 Å². The van der Waals surface area contributed by atoms with Crippen LogP contribution in [0.4, 0.5) is 0 Å². The molecular formula is C12H20N2O3. The normalized spacial score (nSPS) is 10.6. The Bertz CT molecular complexity index is 347. The molecule has 0 bridgehead atoms. The molecule has 0 spiro atoms. The molecule has 0 saturated carbocycles. The van der Waals surface area contributed by atoms with Gasteiger partial charge in [0.2, 0.25) is 0 Å². The van der Waals surface area contributed by atoms with Gasteiger partial charge in [0.05, 0.1) is 19.0 Å². The topological polar surface area (TPSA) is 53.4 Å². The highest BCUT2D eigenvalue weighted by atomic mass is 16.6. The summed E-state index contributed by atoms with van der Waals surface area (Å²) in [5, 5.41) is 4.11. The summed E-state index contributed by atoms with van der Waals surface area (Å²) in [6.07, 6.45) is 5.26. The highest BCUT2D eigenvalue weighted by Gasteiger charge is 2.06. The minimum Gasteiger partial charge on any atom is -0.479 e. The quantitative estimate of drug-likeness (QED) is 0.541. The second-order valence-corrected chi connectivity index (χ2v) is 4.11. The maximum atomic E-state index is 11.3. The minimum absolute atomic E-state index is 0.0620. The van der Waals surface area contributed by atoms with Crippen LogP contribution >= 0.6 is 0 Å². The first-order valence-electron chi connectivity index (χ1n) is 5.96. The smallest absolute Gasteiger partial charge is 0.344 e. The molecule has 1 heterocycles. The van der Waals surface area contributed by atoms with E-state index in [1.54, 1.807) is 17.1 Å². The van der Waals surface area contributed by atoms with E-state index in [4.69, 9.17) is 9.47 Å². The lowest BCUT2D eigenvalue weighted by Crippen LogP contribution is -2.15. The van der Waals surface area contributed by atoms with Gasteiger partial charge in [-0.2, -0.15) is 5.10 Å². The zero-order valence-corrected chi connectivity index (χ0v) is 10.7. The predicted molar refractivity (Wildman–Crippen MR) is 64.0 cm³/mol. The number of carbonyl (C=O) groups is 1. The number of hydrogen-bond acceptors (Lipinski definition) is 4. The molecule has 0 atom stereocenters. The highest BCUT2D eigenvalue weighted by molar-refractivity contribution is 5.71. The van der Waals surface area contributed by atoms with E-state index in [1.807, 2.05) is 20.8 Å². The number of nitrogens with zero attached hydrogens (tertiary/aromatic N) is 2. The van der Waals surface area contributed by atoms with Gasteiger partial charge in [0.25, 0.3) is 0 Å². The molecule has 0 aliphatic rings. The fourth-order valence-corrected chi connectivity index (χ4v) is 1.19. The average Bonchev–Trinajstić information content (AvgIpc) is 2.75. The minimum atomic E-state index is -0.337. The van der Waals surface area contributed by atoms with E-state index >= 15 is 0 Å². The van der Waals surface area contributed by atoms with Crippen molar-refractivity contribution in [3.05, 3.63) is 12.4 Å². The molecule has 0 N–H and O–H groups in total. The number of rotatable bonds is 7. The summed E-state index contributed by atoms with van der Waals surface area (Å²) in [7, 11) is 0. The molecule has 96 valence electrons. The van der Waals surface area contributed by atoms with Gasteiger partial charge in [-0.05, 0) is 20.3 Å². The van der Waals surface area contributed by atoms with Crippen molar-refractivity contribution in [2.75, 3.05) is 13.2 Å². The van der Waals surface area contributed by atoms with E-state index in [0.29, 0.717) is 12.4 Å². The van der Waals surface area contributed by atoms with Crippen molar-refractivity contribution in [1.82, 2.24) is 9.78 Å². The van der Waals surface area contributed by atoms with Crippen LogP contribution in [0.15, 0.2) is 12.4 Å². The van der Waals surface area contributed by atoms with Gasteiger partial charge in [-0.25, -0.2) is 4.79 Å². The third kappa shape index (κ3) is 4.89. The second kappa shape index (κ2) is 6.93. The number of esters is 1. The molecule has 0 aliphatic heterocycles. The molecule has 5 heteroatoms. The van der Waals surface area contributed by atoms with Crippen molar-refractivity contribution in [3.8, 4) is 5.75 Å². The lowest BCUT2D eigenvalue weighted by atomic mass is 10.4. The standard InChI is InChI=1S/C12H20N2O3/c1-4-5-6-16-12(15)9-17-11-7-13-14(8-11)10(2)3/h7-8,10H,4-6,9H2,1-3H3. The number of carbonyl (C=O) groups excluding carboxylic acids is 1. The van der Waals surface area contributed by atoms with Crippen LogP contribution in [-0.2, 0) is 9.53 Å². The highest BCUT2D eigenvalue weighted by Crippen LogP contribution is 2.12. The molecule has 0 saturated heterocycles. The van der Waals surface area contributed by atoms with Crippen molar-refractivity contribution in [2.45, 2.75) is 39.7 Å². The van der Waals surface area contributed by atoms with Crippen molar-refractivity contribution < 1.29 is 14.3 Å². The van der Waals surface area contributed by atoms with Gasteiger partial charge >= 0.3 is 5.97 Å². The molecule has 1 aromatic heterocycles. The lowest BCUT2D eigenvalue weighted by Gasteiger charge is -2.05. The summed E-state index contributed by atoms with van der Waals surface area (Å²) in [5.74, 6) is 0.252. The van der Waals surface area contributed by atoms with Gasteiger partial charge in [0.1, 0.15) is 0 Å². The lowest BCUT2D eigenvalue weighted by molar-refractivity contribution is -0.146. The maximum absolute atomic E-state index is 11.3. The monoisotopic (exact) mass is 240 g/mol. The van der Waals surface area contributed by atoms with Gasteiger partial charge in [-0.15, -0.1) is 0 Å². The van der Waals surface area contributed by atoms with Crippen LogP contribution in [0.5, 0.6) is 5.75 Å². The molecule has 0 fully saturated rings. The zero-order chi connectivity index (χ0) is 12.7. The molecular weight excluding hydrogens is 220 g/mol. The molecule has 17 heavy (non-hydrogen) atoms. The fraction of sp³-hybridized carbons (Fsp3) is 0.667. The Morgan fingerprint density at radius 1 is 1.53 bits per heavy atom. The van der Waals surface area contributed by atoms with Crippen LogP contribution in [0.25, 0.3) is 0 Å². The third-order valence-electron chi connectivity index (χ3n) is 2.22. The molecule has 0 radical (unpaired) electrons. The van der Waals surface area contributed by atoms with Crippen LogP contribution in [0.1, 0.15) is 39.7 Å². The number of unbranched alkanes of at least 4 members (excludes halogenated alkanes) is 1. The molecule has 0 aromatic carbocycles. The number of aromatic nitrogens is 2. The van der Waals surface area contributed by atoms with Gasteiger partial charge < -0.3 is 9.47 Å². The Morgan fingerprint density at radius 2 is 2.29 bits per heavy atom. The predicted octanol–water partition coefficient (Wildman–Crippen LogP) is 2.19. The van der Waals surface area contributed by atoms with E-state index in [-0.39, 0.29) is 18.6 Å². The van der Waals surface area contributed by atoms with E-state index < -0.39 is 0 Å². The van der Waals surface area contributed by atoms with Crippen molar-refractivity contribution in [3.63, 3.8) is 0 Å². The van der Waals surface area contributed by atoms with E-state index in [0.717, 1.165) is 12.8 Å². The summed E-state index contributed by atoms with van der Waals surface area (Å²) in [6, 6.07) is 0.281. The first-order chi connectivity index (χ1) is 8.13. The van der Waals surface area contributed by atoms with Gasteiger partial charge in [0, 0.05) is 6.04 Å². The van der Waals surface area contributed by atoms with E-state index in [9.17, 15) is 4.79 Å². The van der Waals surface area contributed by atoms with E-state index in [2.05, 4.69) is 5.10 Å². The van der Waals surface area contributed by atoms with Gasteiger partial charge in [0.15, 0.2) is 12.4 Å². The zero-order valence-electron chi connectivity index (χ0n) is 10.7. The van der Waals surface area contributed by atoms with Crippen LogP contribution in [-0.4, -0.2) is 29.0 Å². The third-order valence-corrected chi connectivity index (χ3v) is 2.22. The SMILES string of the molecule is CCCCOC(=O)COc1cnn(C(C)C)c1. The van der Waals surface area contributed by atoms with Crippen molar-refractivity contribution in [1.29, 1.82) is 0 Å². The van der Waals surface area contributed by atoms with E-state index in [1.165, 1.54) is 0 Å². The molecule has 0 unspecified atom stereocenters. The Hall–Kier alpha value is -1.52. The Kier molecular flexibility index (Phi) is 5.52. The molecule has 5 nitrogen and oxygen atoms in total. The largest absolute Gasteiger partial charge is 0.479 e. The number of ether oxygens (including phenoxy) is 2. The molecule has 0 amide bonds. The Labute approximate surface area is 102 Å². The van der Waals surface area contributed by atoms with Crippen LogP contribution in [0.3, 0.4) is 0 Å². The van der Waals surface area contributed by atoms with Crippen molar-refractivity contribution >= 4 is 5.97 Å². The average molecular weight is 240 g/mol. The first-order valence-corrected chi connectivity index (χ1v) is 5.96. The summed E-state index contributed by atoms with van der Waals surface area (Å²) in [4.78, 5) is 11.3. The van der Waals surface area contributed by atoms with Gasteiger partial charge in [-0.3, -0.25) is 4.68 Å². The second-order valence-electron chi connectivity index (χ2n) is 4.11. The molecule has 1 aromatic rings. The maximum Gasteiger partial charge on any atom is 0.344 e. The van der Waals surface area contributed by atoms with Crippen LogP contribution in [0, 0.1) is 0 Å².